The zero-order valence-electron chi connectivity index (χ0n) is 18.2. The number of carbonyl (C=O) groups excluding carboxylic acids is 3. The minimum Gasteiger partial charge on any atom is -0.322 e. The van der Waals surface area contributed by atoms with Crippen molar-refractivity contribution in [2.45, 2.75) is 51.4 Å². The SMILES string of the molecule is CC1(C)CCC(C)(C)c2cc(NC(=O)c3ccc(/C=C4\SC(=O)NC4=O)cc3)ccc21. The largest absolute Gasteiger partial charge is 0.322 e. The van der Waals surface area contributed by atoms with E-state index in [1.165, 1.54) is 11.1 Å². The molecule has 6 heteroatoms. The standard InChI is InChI=1S/C25H26N2O3S/c1-24(2)11-12-25(3,4)19-14-17(9-10-18(19)24)26-21(28)16-7-5-15(6-8-16)13-20-22(29)27-23(30)31-20/h5-10,13-14H,11-12H2,1-4H3,(H,26,28)(H,27,29,30)/b20-13-. The van der Waals surface area contributed by atoms with Crippen LogP contribution in [0, 0.1) is 0 Å². The lowest BCUT2D eigenvalue weighted by Crippen LogP contribution is -2.33. The normalized spacial score (nSPS) is 20.3. The number of hydrogen-bond acceptors (Lipinski definition) is 4. The molecule has 0 spiro atoms. The summed E-state index contributed by atoms with van der Waals surface area (Å²) in [5, 5.41) is 4.87. The van der Waals surface area contributed by atoms with Crippen molar-refractivity contribution in [1.29, 1.82) is 0 Å². The molecule has 1 aliphatic carbocycles. The summed E-state index contributed by atoms with van der Waals surface area (Å²) in [6.45, 7) is 9.08. The van der Waals surface area contributed by atoms with Crippen molar-refractivity contribution in [1.82, 2.24) is 5.32 Å². The van der Waals surface area contributed by atoms with Crippen LogP contribution >= 0.6 is 11.8 Å². The van der Waals surface area contributed by atoms with Crippen LogP contribution in [0.4, 0.5) is 10.5 Å². The van der Waals surface area contributed by atoms with Crippen molar-refractivity contribution in [3.05, 3.63) is 69.6 Å². The molecule has 1 heterocycles. The van der Waals surface area contributed by atoms with E-state index in [1.807, 2.05) is 6.07 Å². The Morgan fingerprint density at radius 1 is 0.968 bits per heavy atom. The molecule has 4 rings (SSSR count). The Bertz CT molecular complexity index is 1110. The van der Waals surface area contributed by atoms with Crippen LogP contribution < -0.4 is 10.6 Å². The fraction of sp³-hybridized carbons (Fsp3) is 0.320. The van der Waals surface area contributed by atoms with Gasteiger partial charge in [0.05, 0.1) is 4.91 Å². The van der Waals surface area contributed by atoms with Gasteiger partial charge in [-0.3, -0.25) is 19.7 Å². The maximum absolute atomic E-state index is 12.8. The summed E-state index contributed by atoms with van der Waals surface area (Å²) in [6.07, 6.45) is 3.90. The molecule has 1 fully saturated rings. The number of benzene rings is 2. The number of thioether (sulfide) groups is 1. The van der Waals surface area contributed by atoms with Gasteiger partial charge in [-0.05, 0) is 82.5 Å². The molecular formula is C25H26N2O3S. The first kappa shape index (κ1) is 21.4. The first-order valence-electron chi connectivity index (χ1n) is 10.4. The lowest BCUT2D eigenvalue weighted by Gasteiger charge is -2.42. The summed E-state index contributed by atoms with van der Waals surface area (Å²) in [5.41, 5.74) is 4.93. The molecule has 0 atom stereocenters. The summed E-state index contributed by atoms with van der Waals surface area (Å²) < 4.78 is 0. The van der Waals surface area contributed by atoms with Crippen LogP contribution in [0.2, 0.25) is 0 Å². The summed E-state index contributed by atoms with van der Waals surface area (Å²) in [5.74, 6) is -0.578. The number of carbonyl (C=O) groups is 3. The van der Waals surface area contributed by atoms with Gasteiger partial charge in [-0.15, -0.1) is 0 Å². The molecule has 1 aliphatic heterocycles. The van der Waals surface area contributed by atoms with Gasteiger partial charge in [0.1, 0.15) is 0 Å². The molecule has 2 N–H and O–H groups in total. The van der Waals surface area contributed by atoms with Crippen LogP contribution in [0.1, 0.15) is 67.6 Å². The fourth-order valence-electron chi connectivity index (χ4n) is 4.17. The molecule has 0 aromatic heterocycles. The zero-order chi connectivity index (χ0) is 22.4. The number of anilines is 1. The van der Waals surface area contributed by atoms with Gasteiger partial charge in [-0.25, -0.2) is 0 Å². The summed E-state index contributed by atoms with van der Waals surface area (Å²) in [7, 11) is 0. The zero-order valence-corrected chi connectivity index (χ0v) is 19.0. The van der Waals surface area contributed by atoms with Crippen LogP contribution in [0.25, 0.3) is 6.08 Å². The third-order valence-electron chi connectivity index (χ3n) is 6.22. The van der Waals surface area contributed by atoms with Crippen LogP contribution in [-0.2, 0) is 15.6 Å². The predicted octanol–water partition coefficient (Wildman–Crippen LogP) is 5.61. The second-order valence-corrected chi connectivity index (χ2v) is 10.5. The molecular weight excluding hydrogens is 408 g/mol. The molecule has 2 aromatic rings. The highest BCUT2D eigenvalue weighted by Gasteiger charge is 2.37. The maximum atomic E-state index is 12.8. The third-order valence-corrected chi connectivity index (χ3v) is 7.03. The molecule has 0 radical (unpaired) electrons. The van der Waals surface area contributed by atoms with Crippen molar-refractivity contribution in [2.24, 2.45) is 0 Å². The van der Waals surface area contributed by atoms with Gasteiger partial charge < -0.3 is 5.32 Å². The van der Waals surface area contributed by atoms with E-state index in [2.05, 4.69) is 50.5 Å². The molecule has 0 saturated carbocycles. The Kier molecular flexibility index (Phi) is 5.30. The fourth-order valence-corrected chi connectivity index (χ4v) is 4.86. The highest BCUT2D eigenvalue weighted by molar-refractivity contribution is 8.18. The molecule has 3 amide bonds. The molecule has 2 aliphatic rings. The monoisotopic (exact) mass is 434 g/mol. The van der Waals surface area contributed by atoms with Crippen molar-refractivity contribution < 1.29 is 14.4 Å². The van der Waals surface area contributed by atoms with Gasteiger partial charge in [-0.2, -0.15) is 0 Å². The minimum absolute atomic E-state index is 0.0761. The highest BCUT2D eigenvalue weighted by atomic mass is 32.2. The summed E-state index contributed by atoms with van der Waals surface area (Å²) in [6, 6.07) is 13.2. The molecule has 160 valence electrons. The third kappa shape index (κ3) is 4.30. The molecule has 5 nitrogen and oxygen atoms in total. The number of amides is 3. The second-order valence-electron chi connectivity index (χ2n) is 9.46. The average molecular weight is 435 g/mol. The minimum atomic E-state index is -0.393. The first-order chi connectivity index (χ1) is 14.5. The molecule has 0 bridgehead atoms. The average Bonchev–Trinajstić information content (AvgIpc) is 3.03. The Hall–Kier alpha value is -2.86. The number of hydrogen-bond donors (Lipinski definition) is 2. The van der Waals surface area contributed by atoms with E-state index in [1.54, 1.807) is 30.3 Å². The molecule has 0 unspecified atom stereocenters. The van der Waals surface area contributed by atoms with E-state index in [-0.39, 0.29) is 22.0 Å². The topological polar surface area (TPSA) is 75.3 Å². The summed E-state index contributed by atoms with van der Waals surface area (Å²) >= 11 is 0.874. The molecule has 31 heavy (non-hydrogen) atoms. The van der Waals surface area contributed by atoms with Gasteiger partial charge in [0.2, 0.25) is 0 Å². The van der Waals surface area contributed by atoms with Gasteiger partial charge in [0.25, 0.3) is 17.1 Å². The van der Waals surface area contributed by atoms with Crippen molar-refractivity contribution in [2.75, 3.05) is 5.32 Å². The Labute approximate surface area is 186 Å². The highest BCUT2D eigenvalue weighted by Crippen LogP contribution is 2.46. The van der Waals surface area contributed by atoms with E-state index in [4.69, 9.17) is 0 Å². The van der Waals surface area contributed by atoms with Gasteiger partial charge in [0.15, 0.2) is 0 Å². The van der Waals surface area contributed by atoms with Crippen LogP contribution in [0.5, 0.6) is 0 Å². The van der Waals surface area contributed by atoms with Gasteiger partial charge in [-0.1, -0.05) is 45.9 Å². The summed E-state index contributed by atoms with van der Waals surface area (Å²) in [4.78, 5) is 36.1. The van der Waals surface area contributed by atoms with Crippen molar-refractivity contribution in [3.63, 3.8) is 0 Å². The van der Waals surface area contributed by atoms with Gasteiger partial charge in [0, 0.05) is 11.3 Å². The van der Waals surface area contributed by atoms with E-state index >= 15 is 0 Å². The lowest BCUT2D eigenvalue weighted by atomic mass is 9.63. The van der Waals surface area contributed by atoms with Crippen LogP contribution in [-0.4, -0.2) is 17.1 Å². The van der Waals surface area contributed by atoms with Crippen LogP contribution in [0.15, 0.2) is 47.4 Å². The Morgan fingerprint density at radius 3 is 2.23 bits per heavy atom. The van der Waals surface area contributed by atoms with E-state index in [0.29, 0.717) is 10.5 Å². The number of rotatable bonds is 3. The second kappa shape index (κ2) is 7.68. The number of nitrogens with one attached hydrogen (secondary N) is 2. The number of imide groups is 1. The van der Waals surface area contributed by atoms with Gasteiger partial charge >= 0.3 is 0 Å². The maximum Gasteiger partial charge on any atom is 0.290 e. The quantitative estimate of drug-likeness (QED) is 0.616. The smallest absolute Gasteiger partial charge is 0.290 e. The number of fused-ring (bicyclic) bond motifs is 1. The predicted molar refractivity (Wildman–Crippen MR) is 125 cm³/mol. The lowest BCUT2D eigenvalue weighted by molar-refractivity contribution is -0.115. The Morgan fingerprint density at radius 2 is 1.61 bits per heavy atom. The molecule has 1 saturated heterocycles. The van der Waals surface area contributed by atoms with Crippen LogP contribution in [0.3, 0.4) is 0 Å². The van der Waals surface area contributed by atoms with E-state index < -0.39 is 5.91 Å². The first-order valence-corrected chi connectivity index (χ1v) is 11.2. The van der Waals surface area contributed by atoms with E-state index in [0.717, 1.165) is 35.9 Å². The van der Waals surface area contributed by atoms with Crippen molar-refractivity contribution >= 4 is 40.6 Å². The van der Waals surface area contributed by atoms with E-state index in [9.17, 15) is 14.4 Å². The van der Waals surface area contributed by atoms with Crippen molar-refractivity contribution in [3.8, 4) is 0 Å². The Balaban J connectivity index is 1.52. The molecule has 2 aromatic carbocycles.